The van der Waals surface area contributed by atoms with Gasteiger partial charge in [0, 0.05) is 11.1 Å². The molecule has 1 N–H and O–H groups in total. The number of ether oxygens (including phenoxy) is 1. The lowest BCUT2D eigenvalue weighted by atomic mass is 10.0. The fourth-order valence-electron chi connectivity index (χ4n) is 3.41. The SMILES string of the molecule is COc1ccccc1-c1cc(C(F)F)c2c(C)nn(-c3ccc(C(=O)O)cc3)c2n1. The summed E-state index contributed by atoms with van der Waals surface area (Å²) in [6, 6.07) is 14.4. The predicted octanol–water partition coefficient (Wildman–Crippen LogP) is 5.04. The normalized spacial score (nSPS) is 11.2. The number of fused-ring (bicyclic) bond motifs is 1. The molecule has 0 saturated carbocycles. The number of halogens is 2. The monoisotopic (exact) mass is 409 g/mol. The van der Waals surface area contributed by atoms with Crippen LogP contribution in [0.5, 0.6) is 5.75 Å². The van der Waals surface area contributed by atoms with E-state index in [1.165, 1.54) is 30.0 Å². The van der Waals surface area contributed by atoms with Gasteiger partial charge in [-0.05, 0) is 49.4 Å². The predicted molar refractivity (Wildman–Crippen MR) is 108 cm³/mol. The molecular formula is C22H17F2N3O3. The summed E-state index contributed by atoms with van der Waals surface area (Å²) in [6.45, 7) is 1.64. The number of carbonyl (C=O) groups is 1. The Morgan fingerprint density at radius 1 is 1.13 bits per heavy atom. The first kappa shape index (κ1) is 19.5. The van der Waals surface area contributed by atoms with Crippen LogP contribution in [0.25, 0.3) is 28.0 Å². The number of carboxylic acid groups (broad SMARTS) is 1. The van der Waals surface area contributed by atoms with Crippen molar-refractivity contribution in [2.24, 2.45) is 0 Å². The van der Waals surface area contributed by atoms with Gasteiger partial charge in [0.1, 0.15) is 5.75 Å². The van der Waals surface area contributed by atoms with Crippen molar-refractivity contribution in [3.8, 4) is 22.7 Å². The number of carboxylic acids is 1. The van der Waals surface area contributed by atoms with E-state index in [2.05, 4.69) is 10.1 Å². The van der Waals surface area contributed by atoms with Crippen LogP contribution in [0.2, 0.25) is 0 Å². The number of pyridine rings is 1. The van der Waals surface area contributed by atoms with Crippen molar-refractivity contribution in [2.75, 3.05) is 7.11 Å². The minimum Gasteiger partial charge on any atom is -0.496 e. The highest BCUT2D eigenvalue weighted by atomic mass is 19.3. The van der Waals surface area contributed by atoms with E-state index in [0.29, 0.717) is 28.4 Å². The third kappa shape index (κ3) is 3.26. The molecule has 2 heterocycles. The Morgan fingerprint density at radius 3 is 2.47 bits per heavy atom. The summed E-state index contributed by atoms with van der Waals surface area (Å²) in [4.78, 5) is 15.7. The van der Waals surface area contributed by atoms with Crippen LogP contribution in [-0.2, 0) is 0 Å². The van der Waals surface area contributed by atoms with Crippen LogP contribution in [0.1, 0.15) is 28.0 Å². The first-order chi connectivity index (χ1) is 14.4. The molecule has 0 fully saturated rings. The Bertz CT molecular complexity index is 1250. The molecule has 0 spiro atoms. The third-order valence-electron chi connectivity index (χ3n) is 4.82. The molecule has 6 nitrogen and oxygen atoms in total. The highest BCUT2D eigenvalue weighted by molar-refractivity contribution is 5.89. The number of nitrogens with zero attached hydrogens (tertiary/aromatic N) is 3. The van der Waals surface area contributed by atoms with Gasteiger partial charge in [0.15, 0.2) is 5.65 Å². The highest BCUT2D eigenvalue weighted by Crippen LogP contribution is 2.36. The van der Waals surface area contributed by atoms with Gasteiger partial charge in [-0.3, -0.25) is 0 Å². The van der Waals surface area contributed by atoms with Gasteiger partial charge in [0.05, 0.1) is 35.1 Å². The molecule has 0 aliphatic rings. The largest absolute Gasteiger partial charge is 0.496 e. The van der Waals surface area contributed by atoms with Crippen LogP contribution >= 0.6 is 0 Å². The minimum atomic E-state index is -2.73. The molecule has 0 radical (unpaired) electrons. The zero-order valence-electron chi connectivity index (χ0n) is 16.1. The molecule has 152 valence electrons. The number of aryl methyl sites for hydroxylation is 1. The first-order valence-electron chi connectivity index (χ1n) is 9.06. The summed E-state index contributed by atoms with van der Waals surface area (Å²) < 4.78 is 34.7. The molecule has 4 aromatic rings. The summed E-state index contributed by atoms with van der Waals surface area (Å²) in [5.74, 6) is -0.544. The maximum Gasteiger partial charge on any atom is 0.335 e. The fourth-order valence-corrected chi connectivity index (χ4v) is 3.41. The number of benzene rings is 2. The van der Waals surface area contributed by atoms with Crippen molar-refractivity contribution < 1.29 is 23.4 Å². The fraction of sp³-hybridized carbons (Fsp3) is 0.136. The summed E-state index contributed by atoms with van der Waals surface area (Å²) in [5, 5.41) is 13.8. The maximum atomic E-state index is 13.9. The van der Waals surface area contributed by atoms with E-state index in [1.54, 1.807) is 43.3 Å². The molecular weight excluding hydrogens is 392 g/mol. The standard InChI is InChI=1S/C22H17F2N3O3/c1-12-19-16(20(23)24)11-17(15-5-3-4-6-18(15)30-2)25-21(19)27(26-12)14-9-7-13(8-10-14)22(28)29/h3-11,20H,1-2H3,(H,28,29). The van der Waals surface area contributed by atoms with Crippen LogP contribution in [0.4, 0.5) is 8.78 Å². The summed E-state index contributed by atoms with van der Waals surface area (Å²) >= 11 is 0. The zero-order valence-corrected chi connectivity index (χ0v) is 16.1. The number of alkyl halides is 2. The van der Waals surface area contributed by atoms with Gasteiger partial charge in [-0.1, -0.05) is 12.1 Å². The van der Waals surface area contributed by atoms with Crippen LogP contribution in [0, 0.1) is 6.92 Å². The second-order valence-corrected chi connectivity index (χ2v) is 6.65. The van der Waals surface area contributed by atoms with Crippen LogP contribution in [-0.4, -0.2) is 33.0 Å². The first-order valence-corrected chi connectivity index (χ1v) is 9.06. The molecule has 0 amide bonds. The van der Waals surface area contributed by atoms with E-state index in [9.17, 15) is 13.6 Å². The third-order valence-corrected chi connectivity index (χ3v) is 4.82. The lowest BCUT2D eigenvalue weighted by molar-refractivity contribution is 0.0697. The summed E-state index contributed by atoms with van der Waals surface area (Å²) in [6.07, 6.45) is -2.73. The van der Waals surface area contributed by atoms with Gasteiger partial charge in [-0.2, -0.15) is 5.10 Å². The number of hydrogen-bond acceptors (Lipinski definition) is 4. The Hall–Kier alpha value is -3.81. The van der Waals surface area contributed by atoms with Crippen molar-refractivity contribution in [3.63, 3.8) is 0 Å². The average molecular weight is 409 g/mol. The molecule has 0 aliphatic heterocycles. The number of aromatic carboxylic acids is 1. The van der Waals surface area contributed by atoms with Crippen molar-refractivity contribution in [3.05, 3.63) is 71.4 Å². The van der Waals surface area contributed by atoms with E-state index in [0.717, 1.165) is 0 Å². The van der Waals surface area contributed by atoms with Gasteiger partial charge in [-0.25, -0.2) is 23.2 Å². The van der Waals surface area contributed by atoms with Crippen LogP contribution < -0.4 is 4.74 Å². The number of aromatic nitrogens is 3. The Balaban J connectivity index is 1.99. The number of methoxy groups -OCH3 is 1. The van der Waals surface area contributed by atoms with Gasteiger partial charge < -0.3 is 9.84 Å². The van der Waals surface area contributed by atoms with E-state index >= 15 is 0 Å². The van der Waals surface area contributed by atoms with Gasteiger partial charge in [-0.15, -0.1) is 0 Å². The number of para-hydroxylation sites is 1. The smallest absolute Gasteiger partial charge is 0.335 e. The molecule has 0 bridgehead atoms. The van der Waals surface area contributed by atoms with Crippen LogP contribution in [0.3, 0.4) is 0 Å². The van der Waals surface area contributed by atoms with Crippen molar-refractivity contribution >= 4 is 17.0 Å². The van der Waals surface area contributed by atoms with Gasteiger partial charge in [0.2, 0.25) is 0 Å². The molecule has 4 rings (SSSR count). The molecule has 8 heteroatoms. The van der Waals surface area contributed by atoms with E-state index < -0.39 is 12.4 Å². The van der Waals surface area contributed by atoms with Crippen molar-refractivity contribution in [1.82, 2.24) is 14.8 Å². The molecule has 0 unspecified atom stereocenters. The molecule has 2 aromatic carbocycles. The lowest BCUT2D eigenvalue weighted by Gasteiger charge is -2.11. The van der Waals surface area contributed by atoms with E-state index in [4.69, 9.17) is 9.84 Å². The molecule has 0 saturated heterocycles. The molecule has 30 heavy (non-hydrogen) atoms. The number of hydrogen-bond donors (Lipinski definition) is 1. The van der Waals surface area contributed by atoms with E-state index in [-0.39, 0.29) is 22.2 Å². The summed E-state index contributed by atoms with van der Waals surface area (Å²) in [5.41, 5.74) is 2.03. The molecule has 0 atom stereocenters. The second-order valence-electron chi connectivity index (χ2n) is 6.65. The molecule has 0 aliphatic carbocycles. The average Bonchev–Trinajstić information content (AvgIpc) is 3.09. The zero-order chi connectivity index (χ0) is 21.4. The summed E-state index contributed by atoms with van der Waals surface area (Å²) in [7, 11) is 1.50. The second kappa shape index (κ2) is 7.55. The lowest BCUT2D eigenvalue weighted by Crippen LogP contribution is -2.02. The topological polar surface area (TPSA) is 77.2 Å². The quantitative estimate of drug-likeness (QED) is 0.500. The maximum absolute atomic E-state index is 13.9. The Morgan fingerprint density at radius 2 is 1.83 bits per heavy atom. The van der Waals surface area contributed by atoms with Gasteiger partial charge in [0.25, 0.3) is 6.43 Å². The Labute approximate surface area is 170 Å². The van der Waals surface area contributed by atoms with Gasteiger partial charge >= 0.3 is 5.97 Å². The number of rotatable bonds is 5. The highest BCUT2D eigenvalue weighted by Gasteiger charge is 2.22. The Kier molecular flexibility index (Phi) is 4.91. The van der Waals surface area contributed by atoms with E-state index in [1.807, 2.05) is 0 Å². The van der Waals surface area contributed by atoms with Crippen molar-refractivity contribution in [2.45, 2.75) is 13.3 Å². The van der Waals surface area contributed by atoms with Crippen molar-refractivity contribution in [1.29, 1.82) is 0 Å². The van der Waals surface area contributed by atoms with Crippen LogP contribution in [0.15, 0.2) is 54.6 Å². The molecule has 2 aromatic heterocycles. The minimum absolute atomic E-state index is 0.114.